The van der Waals surface area contributed by atoms with Crippen LogP contribution in [0, 0.1) is 90.0 Å². The normalized spacial score (nSPS) is 13.6. The van der Waals surface area contributed by atoms with E-state index in [-0.39, 0.29) is 0 Å². The van der Waals surface area contributed by atoms with Crippen LogP contribution in [0.2, 0.25) is 0 Å². The van der Waals surface area contributed by atoms with Gasteiger partial charge in [-0.25, -0.2) is 9.97 Å². The number of rotatable bonds is 9. The average Bonchev–Trinajstić information content (AvgIpc) is 4.18. The van der Waals surface area contributed by atoms with Gasteiger partial charge in [-0.05, 0) is 221 Å². The second-order valence-electron chi connectivity index (χ2n) is 19.5. The second kappa shape index (κ2) is 18.9. The molecule has 5 heteroatoms. The quantitative estimate of drug-likeness (QED) is 0.144. The molecule has 350 valence electrons. The number of thiophene rings is 2. The van der Waals surface area contributed by atoms with Crippen LogP contribution in [-0.2, 0) is 0 Å². The topological polar surface area (TPSA) is 25.8 Å². The Kier molecular flexibility index (Phi) is 12.8. The van der Waals surface area contributed by atoms with E-state index in [4.69, 9.17) is 9.97 Å². The highest BCUT2D eigenvalue weighted by atomic mass is 32.2. The molecule has 0 amide bonds. The Morgan fingerprint density at radius 3 is 1.10 bits per heavy atom. The minimum absolute atomic E-state index is 0.426. The molecule has 70 heavy (non-hydrogen) atoms. The molecule has 1 atom stereocenters. The second-order valence-corrected chi connectivity index (χ2v) is 22.9. The van der Waals surface area contributed by atoms with Crippen molar-refractivity contribution < 1.29 is 0 Å². The predicted octanol–water partition coefficient (Wildman–Crippen LogP) is 19.5. The lowest BCUT2D eigenvalue weighted by Crippen LogP contribution is -2.09. The first-order valence-corrected chi connectivity index (χ1v) is 27.1. The van der Waals surface area contributed by atoms with Crippen LogP contribution in [0.5, 0.6) is 0 Å². The molecule has 0 radical (unpaired) electrons. The van der Waals surface area contributed by atoms with Gasteiger partial charge in [-0.2, -0.15) is 0 Å². The van der Waals surface area contributed by atoms with Crippen molar-refractivity contribution in [1.82, 2.24) is 9.97 Å². The van der Waals surface area contributed by atoms with Crippen LogP contribution in [0.1, 0.15) is 95.1 Å². The van der Waals surface area contributed by atoms with Crippen molar-refractivity contribution in [1.29, 1.82) is 0 Å². The Labute approximate surface area is 428 Å². The summed E-state index contributed by atoms with van der Waals surface area (Å²) in [5.74, 6) is 0.793. The monoisotopic (exact) mass is 966 g/mol. The molecule has 0 N–H and O–H groups in total. The van der Waals surface area contributed by atoms with E-state index >= 15 is 0 Å². The number of aromatic nitrogens is 2. The van der Waals surface area contributed by atoms with Crippen LogP contribution in [0.3, 0.4) is 0 Å². The maximum Gasteiger partial charge on any atom is 0.160 e. The molecule has 1 aliphatic heterocycles. The van der Waals surface area contributed by atoms with Crippen LogP contribution in [0.25, 0.3) is 80.6 Å². The third kappa shape index (κ3) is 8.04. The lowest BCUT2D eigenvalue weighted by atomic mass is 9.83. The molecule has 9 aromatic rings. The zero-order chi connectivity index (χ0) is 49.3. The molecule has 1 unspecified atom stereocenters. The van der Waals surface area contributed by atoms with Crippen LogP contribution >= 0.6 is 34.4 Å². The Morgan fingerprint density at radius 2 is 0.686 bits per heavy atom. The molecule has 0 bridgehead atoms. The fourth-order valence-corrected chi connectivity index (χ4v) is 14.9. The van der Waals surface area contributed by atoms with Gasteiger partial charge in [0.2, 0.25) is 0 Å². The third-order valence-electron chi connectivity index (χ3n) is 15.7. The number of nitrogens with zero attached hydrogens (tertiary/aromatic N) is 2. The van der Waals surface area contributed by atoms with Crippen LogP contribution in [0.15, 0.2) is 121 Å². The summed E-state index contributed by atoms with van der Waals surface area (Å²) in [5.41, 5.74) is 30.0. The van der Waals surface area contributed by atoms with Crippen LogP contribution < -0.4 is 0 Å². The Balaban J connectivity index is 1.17. The molecular formula is C65H62N2S3. The first kappa shape index (κ1) is 47.6. The summed E-state index contributed by atoms with van der Waals surface area (Å²) in [6.45, 7) is 30.0. The number of hydrogen-bond acceptors (Lipinski definition) is 5. The lowest BCUT2D eigenvalue weighted by Gasteiger charge is -2.26. The zero-order valence-electron chi connectivity index (χ0n) is 43.0. The molecule has 0 saturated heterocycles. The van der Waals surface area contributed by atoms with Gasteiger partial charge in [0.1, 0.15) is 0 Å². The molecule has 3 aromatic heterocycles. The molecule has 0 spiro atoms. The van der Waals surface area contributed by atoms with Crippen LogP contribution in [-0.4, -0.2) is 9.97 Å². The summed E-state index contributed by atoms with van der Waals surface area (Å²) in [4.78, 5) is 18.2. The van der Waals surface area contributed by atoms with E-state index in [1.165, 1.54) is 136 Å². The minimum atomic E-state index is 0.426. The molecule has 10 rings (SSSR count). The molecule has 6 aromatic carbocycles. The lowest BCUT2D eigenvalue weighted by molar-refractivity contribution is 0.991. The fourth-order valence-electron chi connectivity index (χ4n) is 11.2. The van der Waals surface area contributed by atoms with Gasteiger partial charge < -0.3 is 0 Å². The van der Waals surface area contributed by atoms with E-state index < -0.39 is 0 Å². The summed E-state index contributed by atoms with van der Waals surface area (Å²) >= 11 is 5.77. The van der Waals surface area contributed by atoms with Crippen molar-refractivity contribution in [3.05, 3.63) is 205 Å². The SMILES string of the molecule is Cc1c(-c2c(C)c(C)c(C3=CCC(c4ccccc4)S3)c(C)c2C)nc(-c2c(C)c(C)c(-c3ccc(-c4ccccc4)s3)c(C)c2C)nc1-c1c(C)c(C)c(-c2ccc(-c3ccccc3)s2)c(C)c1C. The van der Waals surface area contributed by atoms with Crippen molar-refractivity contribution >= 4 is 39.3 Å². The summed E-state index contributed by atoms with van der Waals surface area (Å²) in [7, 11) is 0. The number of benzene rings is 6. The van der Waals surface area contributed by atoms with Crippen molar-refractivity contribution in [2.24, 2.45) is 0 Å². The fraction of sp³-hybridized carbons (Fsp3) is 0.231. The minimum Gasteiger partial charge on any atom is -0.228 e. The largest absolute Gasteiger partial charge is 0.228 e. The highest BCUT2D eigenvalue weighted by molar-refractivity contribution is 8.08. The zero-order valence-corrected chi connectivity index (χ0v) is 45.4. The maximum atomic E-state index is 5.81. The first-order chi connectivity index (χ1) is 33.7. The smallest absolute Gasteiger partial charge is 0.160 e. The molecule has 1 aliphatic rings. The van der Waals surface area contributed by atoms with Gasteiger partial charge in [0.05, 0.1) is 11.4 Å². The van der Waals surface area contributed by atoms with Crippen LogP contribution in [0.4, 0.5) is 0 Å². The predicted molar refractivity (Wildman–Crippen MR) is 307 cm³/mol. The van der Waals surface area contributed by atoms with Crippen molar-refractivity contribution in [3.63, 3.8) is 0 Å². The van der Waals surface area contributed by atoms with E-state index in [2.05, 4.69) is 211 Å². The summed E-state index contributed by atoms with van der Waals surface area (Å²) in [5, 5.41) is 0.426. The van der Waals surface area contributed by atoms with Gasteiger partial charge in [-0.15, -0.1) is 34.4 Å². The Morgan fingerprint density at radius 1 is 0.343 bits per heavy atom. The molecule has 2 nitrogen and oxygen atoms in total. The van der Waals surface area contributed by atoms with Gasteiger partial charge in [0.25, 0.3) is 0 Å². The van der Waals surface area contributed by atoms with E-state index in [0.29, 0.717) is 5.25 Å². The van der Waals surface area contributed by atoms with Gasteiger partial charge in [-0.1, -0.05) is 97.1 Å². The van der Waals surface area contributed by atoms with Crippen molar-refractivity contribution in [2.45, 2.75) is 102 Å². The van der Waals surface area contributed by atoms with Gasteiger partial charge in [0, 0.05) is 51.9 Å². The highest BCUT2D eigenvalue weighted by Crippen LogP contribution is 2.52. The van der Waals surface area contributed by atoms with E-state index in [0.717, 1.165) is 34.8 Å². The Hall–Kier alpha value is -6.11. The van der Waals surface area contributed by atoms with Crippen molar-refractivity contribution in [2.75, 3.05) is 0 Å². The number of allylic oxidation sites excluding steroid dienone is 1. The van der Waals surface area contributed by atoms with Crippen molar-refractivity contribution in [3.8, 4) is 75.7 Å². The standard InChI is InChI=1S/C65H62N2S3/c1-35-41(7)60(42(8)36(2)57(35)54-32-29-51(68-54)48-23-17-14-18-24-48)63-47(13)64(61-43(9)37(3)58(38(4)44(61)10)55-33-30-52(69-55)49-25-19-15-20-26-49)67-65(66-63)62-45(11)39(5)59(40(6)46(62)12)56-34-31-53(70-56)50-27-21-16-22-28-50/h14-29,31-34,52H,30H2,1-13H3. The van der Waals surface area contributed by atoms with E-state index in [1.807, 2.05) is 34.4 Å². The number of thioether (sulfide) groups is 1. The summed E-state index contributed by atoms with van der Waals surface area (Å²) < 4.78 is 0. The van der Waals surface area contributed by atoms with Gasteiger partial charge >= 0.3 is 0 Å². The molecule has 0 fully saturated rings. The Bertz CT molecular complexity index is 3460. The van der Waals surface area contributed by atoms with Gasteiger partial charge in [-0.3, -0.25) is 0 Å². The van der Waals surface area contributed by atoms with Gasteiger partial charge in [0.15, 0.2) is 5.82 Å². The highest BCUT2D eigenvalue weighted by Gasteiger charge is 2.30. The average molecular weight is 967 g/mol. The van der Waals surface area contributed by atoms with E-state index in [1.54, 1.807) is 0 Å². The molecule has 0 aliphatic carbocycles. The molecule has 4 heterocycles. The third-order valence-corrected chi connectivity index (χ3v) is 19.4. The number of hydrogen-bond donors (Lipinski definition) is 0. The first-order valence-electron chi connectivity index (χ1n) is 24.6. The molecular weight excluding hydrogens is 905 g/mol. The van der Waals surface area contributed by atoms with E-state index in [9.17, 15) is 0 Å². The summed E-state index contributed by atoms with van der Waals surface area (Å²) in [6.07, 6.45) is 3.51. The molecule has 0 saturated carbocycles. The maximum absolute atomic E-state index is 5.81. The summed E-state index contributed by atoms with van der Waals surface area (Å²) in [6, 6.07) is 41.6.